The predicted molar refractivity (Wildman–Crippen MR) is 160 cm³/mol. The van der Waals surface area contributed by atoms with Gasteiger partial charge >= 0.3 is 6.03 Å². The molecule has 7 nitrogen and oxygen atoms in total. The van der Waals surface area contributed by atoms with Gasteiger partial charge in [-0.1, -0.05) is 121 Å². The average Bonchev–Trinajstić information content (AvgIpc) is 3.46. The summed E-state index contributed by atoms with van der Waals surface area (Å²) in [5, 5.41) is 13.1. The number of fused-ring (bicyclic) bond motifs is 1. The first-order valence-corrected chi connectivity index (χ1v) is 13.8. The van der Waals surface area contributed by atoms with Crippen molar-refractivity contribution in [3.63, 3.8) is 0 Å². The van der Waals surface area contributed by atoms with Crippen molar-refractivity contribution in [3.05, 3.63) is 149 Å². The zero-order valence-electron chi connectivity index (χ0n) is 22.5. The Morgan fingerprint density at radius 2 is 1.12 bits per heavy atom. The van der Waals surface area contributed by atoms with Crippen LogP contribution >= 0.6 is 0 Å². The fourth-order valence-corrected chi connectivity index (χ4v) is 6.57. The van der Waals surface area contributed by atoms with E-state index < -0.39 is 35.1 Å². The van der Waals surface area contributed by atoms with E-state index in [9.17, 15) is 14.4 Å². The molecule has 2 unspecified atom stereocenters. The summed E-state index contributed by atoms with van der Waals surface area (Å²) in [7, 11) is 0. The van der Waals surface area contributed by atoms with E-state index in [2.05, 4.69) is 15.7 Å². The Kier molecular flexibility index (Phi) is 6.12. The van der Waals surface area contributed by atoms with Gasteiger partial charge in [0.05, 0.1) is 11.4 Å². The average molecular weight is 551 g/mol. The van der Waals surface area contributed by atoms with Crippen molar-refractivity contribution < 1.29 is 14.4 Å². The molecule has 204 valence electrons. The molecule has 4 aromatic carbocycles. The molecule has 1 aliphatic carbocycles. The van der Waals surface area contributed by atoms with E-state index in [1.165, 1.54) is 0 Å². The number of hydrogen-bond acceptors (Lipinski definition) is 4. The Morgan fingerprint density at radius 3 is 1.69 bits per heavy atom. The smallest absolute Gasteiger partial charge is 0.277 e. The number of imide groups is 2. The maximum atomic E-state index is 14.5. The van der Waals surface area contributed by atoms with E-state index >= 15 is 0 Å². The molecule has 2 atom stereocenters. The zero-order valence-corrected chi connectivity index (χ0v) is 22.5. The highest BCUT2D eigenvalue weighted by molar-refractivity contribution is 6.23. The van der Waals surface area contributed by atoms with Gasteiger partial charge in [0.1, 0.15) is 0 Å². The zero-order chi connectivity index (χ0) is 28.7. The standard InChI is InChI=1S/C35H26N4O3/c40-32-35(33(41)37-34(42)36-32)28(23-15-7-2-8-16-23)26(21-22-13-5-1-6-14-22)31-27(29(35)24-17-9-3-10-18-24)30(38-39-31)25-19-11-4-12-20-25/h1-21,28-29H,(H,38,39)(H2,36,37,40,41,42)/b26-21-. The molecule has 1 aliphatic heterocycles. The lowest BCUT2D eigenvalue weighted by Crippen LogP contribution is -2.67. The third-order valence-electron chi connectivity index (χ3n) is 8.24. The molecular formula is C35H26N4O3. The quantitative estimate of drug-likeness (QED) is 0.243. The fourth-order valence-electron chi connectivity index (χ4n) is 6.57. The SMILES string of the molecule is O=C1NC(=O)C2(C(=O)N1)C(c1ccccc1)/C(=C/c1ccccc1)c1n[nH]c(-c3ccccc3)c1C2c1ccccc1. The first-order valence-electron chi connectivity index (χ1n) is 13.8. The number of aromatic nitrogens is 2. The van der Waals surface area contributed by atoms with E-state index in [4.69, 9.17) is 5.10 Å². The van der Waals surface area contributed by atoms with Crippen LogP contribution in [0.4, 0.5) is 4.79 Å². The van der Waals surface area contributed by atoms with Crippen LogP contribution in [0.5, 0.6) is 0 Å². The summed E-state index contributed by atoms with van der Waals surface area (Å²) in [6.07, 6.45) is 1.99. The van der Waals surface area contributed by atoms with Gasteiger partial charge < -0.3 is 0 Å². The van der Waals surface area contributed by atoms with Crippen LogP contribution in [0.2, 0.25) is 0 Å². The molecule has 4 amide bonds. The summed E-state index contributed by atoms with van der Waals surface area (Å²) < 4.78 is 0. The lowest BCUT2D eigenvalue weighted by atomic mass is 9.52. The maximum Gasteiger partial charge on any atom is 0.328 e. The molecule has 1 aromatic heterocycles. The molecule has 1 spiro atoms. The number of urea groups is 1. The van der Waals surface area contributed by atoms with Gasteiger partial charge in [0.25, 0.3) is 0 Å². The monoisotopic (exact) mass is 550 g/mol. The van der Waals surface area contributed by atoms with Crippen LogP contribution in [0.15, 0.2) is 121 Å². The number of hydrogen-bond donors (Lipinski definition) is 3. The molecule has 2 heterocycles. The largest absolute Gasteiger partial charge is 0.328 e. The highest BCUT2D eigenvalue weighted by Gasteiger charge is 2.65. The second kappa shape index (κ2) is 10.1. The summed E-state index contributed by atoms with van der Waals surface area (Å²) in [5.41, 5.74) is 4.32. The van der Waals surface area contributed by atoms with E-state index in [1.54, 1.807) is 0 Å². The maximum absolute atomic E-state index is 14.5. The molecule has 5 aromatic rings. The van der Waals surface area contributed by atoms with Crippen LogP contribution in [-0.2, 0) is 9.59 Å². The minimum Gasteiger partial charge on any atom is -0.277 e. The third kappa shape index (κ3) is 3.89. The van der Waals surface area contributed by atoms with E-state index in [-0.39, 0.29) is 0 Å². The molecule has 1 fully saturated rings. The normalized spacial score (nSPS) is 20.2. The van der Waals surface area contributed by atoms with E-state index in [1.807, 2.05) is 127 Å². The number of H-pyrrole nitrogens is 1. The summed E-state index contributed by atoms with van der Waals surface area (Å²) in [5.74, 6) is -2.86. The third-order valence-corrected chi connectivity index (χ3v) is 8.24. The number of carbonyl (C=O) groups excluding carboxylic acids is 3. The molecule has 42 heavy (non-hydrogen) atoms. The summed E-state index contributed by atoms with van der Waals surface area (Å²) in [4.78, 5) is 41.5. The number of carbonyl (C=O) groups is 3. The molecule has 2 aliphatic rings. The molecule has 0 saturated carbocycles. The van der Waals surface area contributed by atoms with Crippen molar-refractivity contribution >= 4 is 29.5 Å². The van der Waals surface area contributed by atoms with Crippen LogP contribution in [0.1, 0.15) is 39.8 Å². The van der Waals surface area contributed by atoms with Gasteiger partial charge in [0.15, 0.2) is 5.41 Å². The van der Waals surface area contributed by atoms with Crippen LogP contribution in [-0.4, -0.2) is 28.0 Å². The topological polar surface area (TPSA) is 104 Å². The second-order valence-corrected chi connectivity index (χ2v) is 10.5. The van der Waals surface area contributed by atoms with Gasteiger partial charge in [-0.15, -0.1) is 0 Å². The van der Waals surface area contributed by atoms with Crippen LogP contribution < -0.4 is 10.6 Å². The van der Waals surface area contributed by atoms with E-state index in [0.717, 1.165) is 27.8 Å². The number of amides is 4. The fraction of sp³-hybridized carbons (Fsp3) is 0.0857. The molecule has 7 heteroatoms. The highest BCUT2D eigenvalue weighted by Crippen LogP contribution is 2.62. The predicted octanol–water partition coefficient (Wildman–Crippen LogP) is 5.90. The first kappa shape index (κ1) is 25.4. The second-order valence-electron chi connectivity index (χ2n) is 10.5. The van der Waals surface area contributed by atoms with Crippen LogP contribution in [0.3, 0.4) is 0 Å². The summed E-state index contributed by atoms with van der Waals surface area (Å²) in [6, 6.07) is 37.7. The van der Waals surface area contributed by atoms with Gasteiger partial charge in [0.2, 0.25) is 11.8 Å². The van der Waals surface area contributed by atoms with Gasteiger partial charge in [-0.3, -0.25) is 25.3 Å². The number of aromatic amines is 1. The van der Waals surface area contributed by atoms with Gasteiger partial charge in [-0.25, -0.2) is 4.79 Å². The summed E-state index contributed by atoms with van der Waals surface area (Å²) >= 11 is 0. The molecule has 3 N–H and O–H groups in total. The van der Waals surface area contributed by atoms with E-state index in [0.29, 0.717) is 17.0 Å². The Balaban J connectivity index is 1.65. The number of allylic oxidation sites excluding steroid dienone is 1. The first-order chi connectivity index (χ1) is 20.6. The number of benzene rings is 4. The number of barbiturate groups is 1. The Bertz CT molecular complexity index is 1810. The number of rotatable bonds is 4. The Hall–Kier alpha value is -5.56. The van der Waals surface area contributed by atoms with Crippen molar-refractivity contribution in [2.45, 2.75) is 11.8 Å². The van der Waals surface area contributed by atoms with Gasteiger partial charge in [-0.2, -0.15) is 5.10 Å². The van der Waals surface area contributed by atoms with Crippen molar-refractivity contribution in [1.82, 2.24) is 20.8 Å². The molecule has 0 bridgehead atoms. The number of nitrogens with zero attached hydrogens (tertiary/aromatic N) is 1. The van der Waals surface area contributed by atoms with Gasteiger partial charge in [0, 0.05) is 17.4 Å². The molecule has 1 saturated heterocycles. The lowest BCUT2D eigenvalue weighted by Gasteiger charge is -2.49. The molecule has 0 radical (unpaired) electrons. The highest BCUT2D eigenvalue weighted by atomic mass is 16.2. The minimum atomic E-state index is -1.77. The van der Waals surface area contributed by atoms with Crippen molar-refractivity contribution in [2.24, 2.45) is 5.41 Å². The summed E-state index contributed by atoms with van der Waals surface area (Å²) in [6.45, 7) is 0. The Morgan fingerprint density at radius 1 is 0.619 bits per heavy atom. The van der Waals surface area contributed by atoms with Gasteiger partial charge in [-0.05, 0) is 33.9 Å². The van der Waals surface area contributed by atoms with Crippen molar-refractivity contribution in [3.8, 4) is 11.3 Å². The van der Waals surface area contributed by atoms with Crippen molar-refractivity contribution in [1.29, 1.82) is 0 Å². The van der Waals surface area contributed by atoms with Crippen LogP contribution in [0.25, 0.3) is 22.9 Å². The number of nitrogens with one attached hydrogen (secondary N) is 3. The van der Waals surface area contributed by atoms with Crippen molar-refractivity contribution in [2.75, 3.05) is 0 Å². The molecular weight excluding hydrogens is 524 g/mol. The Labute approximate surface area is 242 Å². The van der Waals surface area contributed by atoms with Crippen LogP contribution in [0, 0.1) is 5.41 Å². The lowest BCUT2D eigenvalue weighted by molar-refractivity contribution is -0.146. The minimum absolute atomic E-state index is 0.649. The molecule has 7 rings (SSSR count).